The third-order valence-electron chi connectivity index (χ3n) is 3.22. The SMILES string of the molecule is COc1c(Cl)cc(C(=O)Nc2cc(N)ccc2N(C)C)cc1Cl. The number of amides is 1. The predicted molar refractivity (Wildman–Crippen MR) is 96.1 cm³/mol. The normalized spacial score (nSPS) is 10.3. The van der Waals surface area contributed by atoms with Gasteiger partial charge < -0.3 is 20.7 Å². The fourth-order valence-electron chi connectivity index (χ4n) is 2.12. The monoisotopic (exact) mass is 353 g/mol. The third-order valence-corrected chi connectivity index (χ3v) is 3.78. The van der Waals surface area contributed by atoms with Crippen molar-refractivity contribution in [2.75, 3.05) is 37.2 Å². The molecule has 0 aliphatic rings. The molecule has 0 atom stereocenters. The number of nitrogen functional groups attached to an aromatic ring is 1. The minimum absolute atomic E-state index is 0.269. The van der Waals surface area contributed by atoms with Crippen molar-refractivity contribution in [2.24, 2.45) is 0 Å². The Hall–Kier alpha value is -2.11. The highest BCUT2D eigenvalue weighted by atomic mass is 35.5. The standard InChI is InChI=1S/C16H17Cl2N3O2/c1-21(2)14-5-4-10(19)8-13(14)20-16(22)9-6-11(17)15(23-3)12(18)7-9/h4-8H,19H2,1-3H3,(H,20,22). The highest BCUT2D eigenvalue weighted by Crippen LogP contribution is 2.34. The Kier molecular flexibility index (Phi) is 5.23. The Morgan fingerprint density at radius 1 is 1.17 bits per heavy atom. The van der Waals surface area contributed by atoms with Crippen LogP contribution >= 0.6 is 23.2 Å². The number of halogens is 2. The van der Waals surface area contributed by atoms with E-state index in [2.05, 4.69) is 5.32 Å². The van der Waals surface area contributed by atoms with E-state index in [1.807, 2.05) is 25.1 Å². The van der Waals surface area contributed by atoms with Gasteiger partial charge >= 0.3 is 0 Å². The molecule has 0 saturated carbocycles. The molecule has 2 aromatic rings. The topological polar surface area (TPSA) is 67.6 Å². The molecule has 2 rings (SSSR count). The Morgan fingerprint density at radius 3 is 2.30 bits per heavy atom. The zero-order valence-electron chi connectivity index (χ0n) is 13.0. The van der Waals surface area contributed by atoms with Gasteiger partial charge in [0.25, 0.3) is 5.91 Å². The van der Waals surface area contributed by atoms with Gasteiger partial charge in [-0.1, -0.05) is 23.2 Å². The molecule has 0 bridgehead atoms. The van der Waals surface area contributed by atoms with E-state index >= 15 is 0 Å². The Labute approximate surface area is 144 Å². The highest BCUT2D eigenvalue weighted by molar-refractivity contribution is 6.37. The van der Waals surface area contributed by atoms with Crippen molar-refractivity contribution in [1.29, 1.82) is 0 Å². The molecule has 0 aliphatic heterocycles. The molecule has 0 saturated heterocycles. The minimum atomic E-state index is -0.342. The number of carbonyl (C=O) groups is 1. The summed E-state index contributed by atoms with van der Waals surface area (Å²) < 4.78 is 5.08. The molecule has 3 N–H and O–H groups in total. The zero-order chi connectivity index (χ0) is 17.1. The minimum Gasteiger partial charge on any atom is -0.494 e. The van der Waals surface area contributed by atoms with E-state index in [1.165, 1.54) is 19.2 Å². The fraction of sp³-hybridized carbons (Fsp3) is 0.188. The second kappa shape index (κ2) is 6.98. The molecule has 0 fully saturated rings. The number of anilines is 3. The molecule has 0 heterocycles. The van der Waals surface area contributed by atoms with Crippen molar-refractivity contribution >= 4 is 46.2 Å². The smallest absolute Gasteiger partial charge is 0.255 e. The van der Waals surface area contributed by atoms with E-state index < -0.39 is 0 Å². The first kappa shape index (κ1) is 17.2. The lowest BCUT2D eigenvalue weighted by Gasteiger charge is -2.18. The highest BCUT2D eigenvalue weighted by Gasteiger charge is 2.15. The van der Waals surface area contributed by atoms with Crippen LogP contribution in [0.2, 0.25) is 10.0 Å². The maximum absolute atomic E-state index is 12.5. The van der Waals surface area contributed by atoms with Crippen molar-refractivity contribution in [3.8, 4) is 5.75 Å². The molecule has 1 amide bonds. The second-order valence-corrected chi connectivity index (χ2v) is 5.91. The van der Waals surface area contributed by atoms with Crippen LogP contribution < -0.4 is 20.7 Å². The number of hydrogen-bond donors (Lipinski definition) is 2. The van der Waals surface area contributed by atoms with Crippen LogP contribution in [-0.4, -0.2) is 27.1 Å². The molecule has 0 unspecified atom stereocenters. The van der Waals surface area contributed by atoms with E-state index in [0.717, 1.165) is 5.69 Å². The number of rotatable bonds is 4. The van der Waals surface area contributed by atoms with Crippen molar-refractivity contribution in [3.63, 3.8) is 0 Å². The predicted octanol–water partition coefficient (Wildman–Crippen LogP) is 3.90. The van der Waals surface area contributed by atoms with Gasteiger partial charge in [0.1, 0.15) is 0 Å². The average molecular weight is 354 g/mol. The van der Waals surface area contributed by atoms with Crippen molar-refractivity contribution in [2.45, 2.75) is 0 Å². The largest absolute Gasteiger partial charge is 0.494 e. The van der Waals surface area contributed by atoms with Crippen LogP contribution in [0, 0.1) is 0 Å². The molecule has 0 aromatic heterocycles. The summed E-state index contributed by atoms with van der Waals surface area (Å²) in [5.41, 5.74) is 8.11. The van der Waals surface area contributed by atoms with Crippen LogP contribution in [0.15, 0.2) is 30.3 Å². The summed E-state index contributed by atoms with van der Waals surface area (Å²) in [5, 5.41) is 3.36. The summed E-state index contributed by atoms with van der Waals surface area (Å²) in [7, 11) is 5.22. The van der Waals surface area contributed by atoms with Gasteiger partial charge in [-0.2, -0.15) is 0 Å². The summed E-state index contributed by atoms with van der Waals surface area (Å²) in [6.45, 7) is 0. The Balaban J connectivity index is 2.35. The van der Waals surface area contributed by atoms with E-state index in [9.17, 15) is 4.79 Å². The molecular formula is C16H17Cl2N3O2. The number of nitrogens with two attached hydrogens (primary N) is 1. The number of nitrogens with zero attached hydrogens (tertiary/aromatic N) is 1. The number of carbonyl (C=O) groups excluding carboxylic acids is 1. The van der Waals surface area contributed by atoms with Gasteiger partial charge in [0, 0.05) is 25.3 Å². The van der Waals surface area contributed by atoms with Gasteiger partial charge in [-0.15, -0.1) is 0 Å². The van der Waals surface area contributed by atoms with E-state index in [-0.39, 0.29) is 16.0 Å². The quantitative estimate of drug-likeness (QED) is 0.817. The first-order chi connectivity index (χ1) is 10.8. The Morgan fingerprint density at radius 2 is 1.78 bits per heavy atom. The summed E-state index contributed by atoms with van der Waals surface area (Å²) in [6.07, 6.45) is 0. The molecule has 0 spiro atoms. The maximum atomic E-state index is 12.5. The molecule has 7 heteroatoms. The van der Waals surface area contributed by atoms with Gasteiger partial charge in [-0.3, -0.25) is 4.79 Å². The van der Waals surface area contributed by atoms with Crippen molar-refractivity contribution in [1.82, 2.24) is 0 Å². The molecular weight excluding hydrogens is 337 g/mol. The number of nitrogens with one attached hydrogen (secondary N) is 1. The molecule has 5 nitrogen and oxygen atoms in total. The maximum Gasteiger partial charge on any atom is 0.255 e. The summed E-state index contributed by atoms with van der Waals surface area (Å²) in [4.78, 5) is 14.4. The van der Waals surface area contributed by atoms with Crippen molar-refractivity contribution < 1.29 is 9.53 Å². The fourth-order valence-corrected chi connectivity index (χ4v) is 2.77. The van der Waals surface area contributed by atoms with Crippen LogP contribution in [0.25, 0.3) is 0 Å². The summed E-state index contributed by atoms with van der Waals surface area (Å²) >= 11 is 12.1. The van der Waals surface area contributed by atoms with Gasteiger partial charge in [0.15, 0.2) is 5.75 Å². The number of methoxy groups -OCH3 is 1. The van der Waals surface area contributed by atoms with Gasteiger partial charge in [-0.25, -0.2) is 0 Å². The number of ether oxygens (including phenoxy) is 1. The second-order valence-electron chi connectivity index (χ2n) is 5.10. The lowest BCUT2D eigenvalue weighted by Crippen LogP contribution is -2.17. The van der Waals surface area contributed by atoms with Gasteiger partial charge in [0.05, 0.1) is 28.5 Å². The average Bonchev–Trinajstić information content (AvgIpc) is 2.46. The lowest BCUT2D eigenvalue weighted by molar-refractivity contribution is 0.102. The van der Waals surface area contributed by atoms with E-state index in [1.54, 1.807) is 12.1 Å². The molecule has 0 aliphatic carbocycles. The molecule has 0 radical (unpaired) electrons. The van der Waals surface area contributed by atoms with Crippen LogP contribution in [0.5, 0.6) is 5.75 Å². The summed E-state index contributed by atoms with van der Waals surface area (Å²) in [6, 6.07) is 8.30. The lowest BCUT2D eigenvalue weighted by atomic mass is 10.1. The zero-order valence-corrected chi connectivity index (χ0v) is 14.5. The van der Waals surface area contributed by atoms with Crippen LogP contribution in [0.1, 0.15) is 10.4 Å². The van der Waals surface area contributed by atoms with E-state index in [4.69, 9.17) is 33.7 Å². The molecule has 122 valence electrons. The number of hydrogen-bond acceptors (Lipinski definition) is 4. The van der Waals surface area contributed by atoms with Crippen LogP contribution in [0.3, 0.4) is 0 Å². The Bertz CT molecular complexity index is 725. The van der Waals surface area contributed by atoms with E-state index in [0.29, 0.717) is 22.7 Å². The third kappa shape index (κ3) is 3.81. The van der Waals surface area contributed by atoms with Crippen LogP contribution in [0.4, 0.5) is 17.1 Å². The first-order valence-electron chi connectivity index (χ1n) is 6.74. The molecule has 23 heavy (non-hydrogen) atoms. The van der Waals surface area contributed by atoms with Gasteiger partial charge in [-0.05, 0) is 30.3 Å². The van der Waals surface area contributed by atoms with Gasteiger partial charge in [0.2, 0.25) is 0 Å². The number of benzene rings is 2. The first-order valence-corrected chi connectivity index (χ1v) is 7.50. The van der Waals surface area contributed by atoms with Crippen LogP contribution in [-0.2, 0) is 0 Å². The van der Waals surface area contributed by atoms with Crippen molar-refractivity contribution in [3.05, 3.63) is 45.9 Å². The molecule has 2 aromatic carbocycles. The summed E-state index contributed by atoms with van der Waals surface area (Å²) in [5.74, 6) is -0.00651.